The lowest BCUT2D eigenvalue weighted by atomic mass is 10.1. The molecule has 6 nitrogen and oxygen atoms in total. The molecular formula is C20H31BrIN5O. The van der Waals surface area contributed by atoms with Crippen LogP contribution in [0.3, 0.4) is 0 Å². The first-order valence-electron chi connectivity index (χ1n) is 9.96. The van der Waals surface area contributed by atoms with Crippen LogP contribution >= 0.6 is 39.9 Å². The highest BCUT2D eigenvalue weighted by Crippen LogP contribution is 2.28. The third kappa shape index (κ3) is 7.42. The Bertz CT molecular complexity index is 668. The van der Waals surface area contributed by atoms with E-state index in [1.807, 2.05) is 0 Å². The van der Waals surface area contributed by atoms with Crippen molar-refractivity contribution in [1.82, 2.24) is 16.0 Å². The van der Waals surface area contributed by atoms with E-state index >= 15 is 0 Å². The number of nitrogens with zero attached hydrogens (tertiary/aromatic N) is 2. The van der Waals surface area contributed by atoms with Crippen LogP contribution in [-0.2, 0) is 4.79 Å². The minimum atomic E-state index is 0. The van der Waals surface area contributed by atoms with Gasteiger partial charge in [0.05, 0.1) is 0 Å². The zero-order chi connectivity index (χ0) is 19.1. The molecule has 8 heteroatoms. The predicted octanol–water partition coefficient (Wildman–Crippen LogP) is 2.97. The molecule has 28 heavy (non-hydrogen) atoms. The van der Waals surface area contributed by atoms with Crippen molar-refractivity contribution in [3.05, 3.63) is 28.7 Å². The highest BCUT2D eigenvalue weighted by Gasteiger charge is 2.29. The Morgan fingerprint density at radius 3 is 2.71 bits per heavy atom. The third-order valence-electron chi connectivity index (χ3n) is 4.98. The zero-order valence-electron chi connectivity index (χ0n) is 16.4. The molecule has 1 saturated carbocycles. The Balaban J connectivity index is 0.00000280. The van der Waals surface area contributed by atoms with Crippen LogP contribution in [0.2, 0.25) is 0 Å². The summed E-state index contributed by atoms with van der Waals surface area (Å²) in [5.41, 5.74) is 1.27. The van der Waals surface area contributed by atoms with Crippen LogP contribution in [0.25, 0.3) is 0 Å². The van der Waals surface area contributed by atoms with Crippen molar-refractivity contribution in [3.63, 3.8) is 0 Å². The first-order chi connectivity index (χ1) is 13.2. The number of nitrogens with one attached hydrogen (secondary N) is 3. The van der Waals surface area contributed by atoms with E-state index < -0.39 is 0 Å². The number of aliphatic imine (C=N–C) groups is 1. The molecule has 1 aliphatic carbocycles. The second-order valence-corrected chi connectivity index (χ2v) is 8.21. The fourth-order valence-corrected chi connectivity index (χ4v) is 3.69. The fourth-order valence-electron chi connectivity index (χ4n) is 3.31. The number of amides is 1. The van der Waals surface area contributed by atoms with Gasteiger partial charge in [-0.15, -0.1) is 24.0 Å². The molecule has 2 aliphatic rings. The van der Waals surface area contributed by atoms with Crippen LogP contribution in [-0.4, -0.2) is 51.1 Å². The maximum absolute atomic E-state index is 11.7. The molecule has 1 aromatic rings. The van der Waals surface area contributed by atoms with Gasteiger partial charge >= 0.3 is 0 Å². The average Bonchev–Trinajstić information content (AvgIpc) is 3.41. The maximum Gasteiger partial charge on any atom is 0.223 e. The number of benzene rings is 1. The van der Waals surface area contributed by atoms with Crippen molar-refractivity contribution in [3.8, 4) is 0 Å². The van der Waals surface area contributed by atoms with E-state index in [0.29, 0.717) is 19.0 Å². The van der Waals surface area contributed by atoms with E-state index in [4.69, 9.17) is 4.99 Å². The van der Waals surface area contributed by atoms with Gasteiger partial charge in [0, 0.05) is 55.3 Å². The lowest BCUT2D eigenvalue weighted by Gasteiger charge is -2.19. The smallest absolute Gasteiger partial charge is 0.223 e. The van der Waals surface area contributed by atoms with Crippen LogP contribution in [0, 0.1) is 11.8 Å². The van der Waals surface area contributed by atoms with Gasteiger partial charge in [-0.3, -0.25) is 9.79 Å². The van der Waals surface area contributed by atoms with E-state index in [1.165, 1.54) is 5.69 Å². The highest BCUT2D eigenvalue weighted by atomic mass is 127. The SMILES string of the molecule is CCNC(=NCC1CCN(c2cccc(Br)c2)C1)NCCNC(=O)C1CC1.I. The summed E-state index contributed by atoms with van der Waals surface area (Å²) in [6, 6.07) is 8.48. The van der Waals surface area contributed by atoms with E-state index in [-0.39, 0.29) is 35.8 Å². The Kier molecular flexibility index (Phi) is 9.84. The summed E-state index contributed by atoms with van der Waals surface area (Å²) < 4.78 is 1.12. The van der Waals surface area contributed by atoms with Gasteiger partial charge < -0.3 is 20.9 Å². The van der Waals surface area contributed by atoms with E-state index in [2.05, 4.69) is 68.0 Å². The topological polar surface area (TPSA) is 68.8 Å². The molecule has 0 bridgehead atoms. The number of carbonyl (C=O) groups is 1. The van der Waals surface area contributed by atoms with Gasteiger partial charge in [-0.1, -0.05) is 22.0 Å². The number of anilines is 1. The zero-order valence-corrected chi connectivity index (χ0v) is 20.3. The van der Waals surface area contributed by atoms with Crippen molar-refractivity contribution in [2.45, 2.75) is 26.2 Å². The molecule has 3 rings (SSSR count). The number of carbonyl (C=O) groups excluding carboxylic acids is 1. The molecule has 1 aromatic carbocycles. The molecule has 156 valence electrons. The van der Waals surface area contributed by atoms with Gasteiger partial charge in [0.2, 0.25) is 5.91 Å². The summed E-state index contributed by atoms with van der Waals surface area (Å²) in [5.74, 6) is 1.85. The first-order valence-corrected chi connectivity index (χ1v) is 10.8. The molecule has 0 radical (unpaired) electrons. The number of hydrogen-bond acceptors (Lipinski definition) is 3. The van der Waals surface area contributed by atoms with E-state index in [1.54, 1.807) is 0 Å². The molecule has 0 spiro atoms. The second-order valence-electron chi connectivity index (χ2n) is 7.29. The van der Waals surface area contributed by atoms with Gasteiger partial charge in [-0.05, 0) is 50.3 Å². The van der Waals surface area contributed by atoms with Crippen molar-refractivity contribution in [1.29, 1.82) is 0 Å². The summed E-state index contributed by atoms with van der Waals surface area (Å²) in [6.45, 7) is 7.16. The number of hydrogen-bond donors (Lipinski definition) is 3. The second kappa shape index (κ2) is 11.8. The van der Waals surface area contributed by atoms with Crippen molar-refractivity contribution >= 4 is 57.5 Å². The molecule has 1 heterocycles. The van der Waals surface area contributed by atoms with Gasteiger partial charge in [-0.2, -0.15) is 0 Å². The Hall–Kier alpha value is -1.03. The Morgan fingerprint density at radius 1 is 1.21 bits per heavy atom. The molecule has 1 amide bonds. The van der Waals surface area contributed by atoms with E-state index in [9.17, 15) is 4.79 Å². The fraction of sp³-hybridized carbons (Fsp3) is 0.600. The quantitative estimate of drug-likeness (QED) is 0.197. The first kappa shape index (κ1) is 23.3. The van der Waals surface area contributed by atoms with Crippen molar-refractivity contribution < 1.29 is 4.79 Å². The van der Waals surface area contributed by atoms with Crippen LogP contribution in [0.1, 0.15) is 26.2 Å². The summed E-state index contributed by atoms with van der Waals surface area (Å²) in [7, 11) is 0. The summed E-state index contributed by atoms with van der Waals surface area (Å²) >= 11 is 3.55. The minimum Gasteiger partial charge on any atom is -0.371 e. The van der Waals surface area contributed by atoms with Crippen molar-refractivity contribution in [2.75, 3.05) is 44.2 Å². The van der Waals surface area contributed by atoms with Crippen molar-refractivity contribution in [2.24, 2.45) is 16.8 Å². The largest absolute Gasteiger partial charge is 0.371 e. The van der Waals surface area contributed by atoms with Gasteiger partial charge in [0.1, 0.15) is 0 Å². The molecule has 1 aliphatic heterocycles. The monoisotopic (exact) mass is 563 g/mol. The number of halogens is 2. The molecule has 1 atom stereocenters. The van der Waals surface area contributed by atoms with Gasteiger partial charge in [-0.25, -0.2) is 0 Å². The highest BCUT2D eigenvalue weighted by molar-refractivity contribution is 14.0. The number of guanidine groups is 1. The van der Waals surface area contributed by atoms with Gasteiger partial charge in [0.25, 0.3) is 0 Å². The van der Waals surface area contributed by atoms with E-state index in [0.717, 1.165) is 55.9 Å². The molecule has 1 unspecified atom stereocenters. The molecular weight excluding hydrogens is 533 g/mol. The normalized spacial score (nSPS) is 19.1. The summed E-state index contributed by atoms with van der Waals surface area (Å²) in [6.07, 6.45) is 3.25. The Morgan fingerprint density at radius 2 is 2.00 bits per heavy atom. The predicted molar refractivity (Wildman–Crippen MR) is 130 cm³/mol. The van der Waals surface area contributed by atoms with Crippen LogP contribution in [0.15, 0.2) is 33.7 Å². The van der Waals surface area contributed by atoms with Gasteiger partial charge in [0.15, 0.2) is 5.96 Å². The Labute approximate surface area is 193 Å². The lowest BCUT2D eigenvalue weighted by molar-refractivity contribution is -0.122. The van der Waals surface area contributed by atoms with Crippen LogP contribution < -0.4 is 20.9 Å². The molecule has 3 N–H and O–H groups in total. The molecule has 0 aromatic heterocycles. The van der Waals surface area contributed by atoms with Crippen LogP contribution in [0.4, 0.5) is 5.69 Å². The molecule has 2 fully saturated rings. The third-order valence-corrected chi connectivity index (χ3v) is 5.47. The summed E-state index contributed by atoms with van der Waals surface area (Å²) in [4.78, 5) is 18.8. The maximum atomic E-state index is 11.7. The standard InChI is InChI=1S/C20H30BrN5O.HI/c1-2-22-20(24-10-9-23-19(27)16-6-7-16)25-13-15-8-11-26(14-15)18-5-3-4-17(21)12-18;/h3-5,12,15-16H,2,6-11,13-14H2,1H3,(H,23,27)(H2,22,24,25);1H. The van der Waals surface area contributed by atoms with Crippen LogP contribution in [0.5, 0.6) is 0 Å². The lowest BCUT2D eigenvalue weighted by Crippen LogP contribution is -2.42. The summed E-state index contributed by atoms with van der Waals surface area (Å²) in [5, 5.41) is 9.57. The molecule has 1 saturated heterocycles. The average molecular weight is 564 g/mol. The minimum absolute atomic E-state index is 0. The number of rotatable bonds is 8.